The van der Waals surface area contributed by atoms with Gasteiger partial charge in [-0.1, -0.05) is 6.07 Å². The van der Waals surface area contributed by atoms with Crippen molar-refractivity contribution >= 4 is 27.2 Å². The van der Waals surface area contributed by atoms with Gasteiger partial charge < -0.3 is 10.1 Å². The van der Waals surface area contributed by atoms with E-state index in [1.54, 1.807) is 30.5 Å². The van der Waals surface area contributed by atoms with Crippen LogP contribution in [-0.4, -0.2) is 29.4 Å². The Morgan fingerprint density at radius 2 is 1.70 bits per heavy atom. The predicted molar refractivity (Wildman–Crippen MR) is 128 cm³/mol. The van der Waals surface area contributed by atoms with E-state index in [1.807, 2.05) is 23.7 Å². The van der Waals surface area contributed by atoms with Crippen molar-refractivity contribution in [1.29, 1.82) is 0 Å². The average molecular weight is 462 g/mol. The molecular weight excluding hydrogens is 438 g/mol. The Labute approximate surface area is 192 Å². The number of benzene rings is 2. The molecule has 0 fully saturated rings. The highest BCUT2D eigenvalue weighted by atomic mass is 32.2. The fraction of sp³-hybridized carbons (Fsp3) is 0.167. The maximum absolute atomic E-state index is 11.4. The topological polar surface area (TPSA) is 98.1 Å². The van der Waals surface area contributed by atoms with Gasteiger partial charge in [0, 0.05) is 23.1 Å². The minimum absolute atomic E-state index is 0.504. The number of pyridine rings is 1. The first-order chi connectivity index (χ1) is 15.8. The molecule has 0 aliphatic carbocycles. The molecule has 0 unspecified atom stereocenters. The van der Waals surface area contributed by atoms with Crippen molar-refractivity contribution in [1.82, 2.24) is 14.8 Å². The molecule has 3 heterocycles. The Morgan fingerprint density at radius 1 is 0.939 bits per heavy atom. The first kappa shape index (κ1) is 21.2. The van der Waals surface area contributed by atoms with Crippen molar-refractivity contribution < 1.29 is 13.2 Å². The quantitative estimate of drug-likeness (QED) is 0.442. The molecule has 4 aromatic rings. The molecule has 0 atom stereocenters. The number of hydrogen-bond acceptors (Lipinski definition) is 6. The molecule has 0 saturated heterocycles. The van der Waals surface area contributed by atoms with Crippen LogP contribution in [0.2, 0.25) is 0 Å². The van der Waals surface area contributed by atoms with Gasteiger partial charge in [0.25, 0.3) is 0 Å². The third-order valence-electron chi connectivity index (χ3n) is 5.30. The summed E-state index contributed by atoms with van der Waals surface area (Å²) in [6, 6.07) is 19.2. The van der Waals surface area contributed by atoms with Gasteiger partial charge in [-0.3, -0.25) is 4.72 Å². The Balaban J connectivity index is 1.42. The smallest absolute Gasteiger partial charge is 0.229 e. The molecule has 33 heavy (non-hydrogen) atoms. The monoisotopic (exact) mass is 461 g/mol. The first-order valence-electron chi connectivity index (χ1n) is 10.4. The summed E-state index contributed by atoms with van der Waals surface area (Å²) in [5.74, 6) is 0.670. The number of nitrogens with one attached hydrogen (secondary N) is 2. The van der Waals surface area contributed by atoms with Gasteiger partial charge in [0.2, 0.25) is 10.0 Å². The van der Waals surface area contributed by atoms with Gasteiger partial charge in [-0.15, -0.1) is 0 Å². The van der Waals surface area contributed by atoms with Crippen LogP contribution < -0.4 is 10.0 Å². The molecular formula is C24H23N5O3S. The van der Waals surface area contributed by atoms with E-state index in [9.17, 15) is 8.42 Å². The number of aromatic nitrogens is 3. The zero-order valence-electron chi connectivity index (χ0n) is 18.2. The normalized spacial score (nSPS) is 13.0. The summed E-state index contributed by atoms with van der Waals surface area (Å²) >= 11 is 0. The molecule has 1 aliphatic heterocycles. The van der Waals surface area contributed by atoms with E-state index in [1.165, 1.54) is 11.1 Å². The highest BCUT2D eigenvalue weighted by Crippen LogP contribution is 2.29. The van der Waals surface area contributed by atoms with Crippen molar-refractivity contribution in [3.63, 3.8) is 0 Å². The van der Waals surface area contributed by atoms with Crippen molar-refractivity contribution in [2.75, 3.05) is 16.3 Å². The summed E-state index contributed by atoms with van der Waals surface area (Å²) in [5, 5.41) is 7.98. The number of sulfonamides is 1. The lowest BCUT2D eigenvalue weighted by Gasteiger charge is -2.11. The SMILES string of the molecule is Cc1cc(-c2ccnc(Nc3ccc(NS(C)(=O)=O)cc3)c2)n(-c2ccc3c(c2)COC3)n1. The molecule has 168 valence electrons. The molecule has 8 nitrogen and oxygen atoms in total. The molecule has 2 aromatic heterocycles. The lowest BCUT2D eigenvalue weighted by atomic mass is 10.1. The summed E-state index contributed by atoms with van der Waals surface area (Å²) < 4.78 is 32.7. The fourth-order valence-electron chi connectivity index (χ4n) is 3.83. The van der Waals surface area contributed by atoms with Crippen LogP contribution in [0.5, 0.6) is 0 Å². The molecule has 2 aromatic carbocycles. The highest BCUT2D eigenvalue weighted by Gasteiger charge is 2.15. The van der Waals surface area contributed by atoms with E-state index in [0.29, 0.717) is 24.7 Å². The van der Waals surface area contributed by atoms with E-state index >= 15 is 0 Å². The van der Waals surface area contributed by atoms with Crippen molar-refractivity contribution in [2.45, 2.75) is 20.1 Å². The van der Waals surface area contributed by atoms with Gasteiger partial charge in [-0.05, 0) is 72.6 Å². The standard InChI is InChI=1S/C24H23N5O3S/c1-16-11-23(29(27-16)22-8-3-18-14-32-15-19(18)12-22)17-9-10-25-24(13-17)26-20-4-6-21(7-5-20)28-33(2,30)31/h3-13,28H,14-15H2,1-2H3,(H,25,26). The van der Waals surface area contributed by atoms with Gasteiger partial charge in [0.1, 0.15) is 5.82 Å². The molecule has 1 aliphatic rings. The Bertz CT molecular complexity index is 1430. The lowest BCUT2D eigenvalue weighted by Crippen LogP contribution is -2.09. The summed E-state index contributed by atoms with van der Waals surface area (Å²) in [6.07, 6.45) is 2.87. The average Bonchev–Trinajstić information content (AvgIpc) is 3.40. The van der Waals surface area contributed by atoms with E-state index < -0.39 is 10.0 Å². The molecule has 2 N–H and O–H groups in total. The second kappa shape index (κ2) is 8.34. The number of aryl methyl sites for hydroxylation is 1. The van der Waals surface area contributed by atoms with Crippen LogP contribution in [-0.2, 0) is 28.0 Å². The summed E-state index contributed by atoms with van der Waals surface area (Å²) in [4.78, 5) is 4.43. The fourth-order valence-corrected chi connectivity index (χ4v) is 4.40. The maximum Gasteiger partial charge on any atom is 0.229 e. The summed E-state index contributed by atoms with van der Waals surface area (Å²) in [5.41, 5.74) is 7.55. The van der Waals surface area contributed by atoms with Crippen LogP contribution in [0.25, 0.3) is 16.9 Å². The van der Waals surface area contributed by atoms with E-state index in [-0.39, 0.29) is 0 Å². The number of nitrogens with zero attached hydrogens (tertiary/aromatic N) is 3. The van der Waals surface area contributed by atoms with Gasteiger partial charge in [-0.2, -0.15) is 5.10 Å². The van der Waals surface area contributed by atoms with E-state index in [4.69, 9.17) is 9.84 Å². The van der Waals surface area contributed by atoms with Crippen LogP contribution >= 0.6 is 0 Å². The number of rotatable bonds is 6. The van der Waals surface area contributed by atoms with E-state index in [0.717, 1.165) is 34.6 Å². The summed E-state index contributed by atoms with van der Waals surface area (Å²) in [7, 11) is -3.31. The number of anilines is 3. The Morgan fingerprint density at radius 3 is 2.48 bits per heavy atom. The third-order valence-corrected chi connectivity index (χ3v) is 5.90. The van der Waals surface area contributed by atoms with Crippen molar-refractivity contribution in [2.24, 2.45) is 0 Å². The van der Waals surface area contributed by atoms with Gasteiger partial charge in [-0.25, -0.2) is 18.1 Å². The second-order valence-electron chi connectivity index (χ2n) is 8.03. The highest BCUT2D eigenvalue weighted by molar-refractivity contribution is 7.92. The Kier molecular flexibility index (Phi) is 5.35. The molecule has 0 spiro atoms. The number of ether oxygens (including phenoxy) is 1. The largest absolute Gasteiger partial charge is 0.372 e. The maximum atomic E-state index is 11.4. The third kappa shape index (κ3) is 4.74. The second-order valence-corrected chi connectivity index (χ2v) is 9.78. The lowest BCUT2D eigenvalue weighted by molar-refractivity contribution is 0.134. The van der Waals surface area contributed by atoms with E-state index in [2.05, 4.69) is 39.3 Å². The zero-order valence-corrected chi connectivity index (χ0v) is 19.1. The van der Waals surface area contributed by atoms with Crippen LogP contribution in [0, 0.1) is 6.92 Å². The molecule has 9 heteroatoms. The van der Waals surface area contributed by atoms with Gasteiger partial charge in [0.15, 0.2) is 0 Å². The molecule has 0 radical (unpaired) electrons. The first-order valence-corrected chi connectivity index (χ1v) is 12.3. The van der Waals surface area contributed by atoms with Crippen LogP contribution in [0.15, 0.2) is 66.9 Å². The predicted octanol–water partition coefficient (Wildman–Crippen LogP) is 4.39. The molecule has 0 amide bonds. The minimum Gasteiger partial charge on any atom is -0.372 e. The number of hydrogen-bond donors (Lipinski definition) is 2. The molecule has 0 saturated carbocycles. The zero-order chi connectivity index (χ0) is 23.0. The van der Waals surface area contributed by atoms with Crippen LogP contribution in [0.1, 0.15) is 16.8 Å². The molecule has 5 rings (SSSR count). The van der Waals surface area contributed by atoms with Gasteiger partial charge >= 0.3 is 0 Å². The van der Waals surface area contributed by atoms with Crippen molar-refractivity contribution in [3.05, 3.63) is 83.7 Å². The van der Waals surface area contributed by atoms with Crippen LogP contribution in [0.3, 0.4) is 0 Å². The van der Waals surface area contributed by atoms with Gasteiger partial charge in [0.05, 0.1) is 36.5 Å². The molecule has 0 bridgehead atoms. The minimum atomic E-state index is -3.31. The Hall–Kier alpha value is -3.69. The number of fused-ring (bicyclic) bond motifs is 1. The van der Waals surface area contributed by atoms with Crippen molar-refractivity contribution in [3.8, 4) is 16.9 Å². The van der Waals surface area contributed by atoms with Crippen LogP contribution in [0.4, 0.5) is 17.2 Å². The summed E-state index contributed by atoms with van der Waals surface area (Å²) in [6.45, 7) is 3.26.